The minimum absolute atomic E-state index is 0.137. The van der Waals surface area contributed by atoms with Gasteiger partial charge < -0.3 is 15.5 Å². The Morgan fingerprint density at radius 2 is 1.86 bits per heavy atom. The molecule has 1 aliphatic rings. The van der Waals surface area contributed by atoms with E-state index in [-0.39, 0.29) is 6.10 Å². The average molecular weight is 201 g/mol. The Kier molecular flexibility index (Phi) is 6.15. The number of hydrogen-bond acceptors (Lipinski definition) is 3. The van der Waals surface area contributed by atoms with Crippen molar-refractivity contribution in [3.05, 3.63) is 0 Å². The summed E-state index contributed by atoms with van der Waals surface area (Å²) in [5.74, 6) is 0. The summed E-state index contributed by atoms with van der Waals surface area (Å²) in [5, 5.41) is 21.7. The molecule has 0 unspecified atom stereocenters. The third-order valence-corrected chi connectivity index (χ3v) is 2.97. The van der Waals surface area contributed by atoms with Crippen molar-refractivity contribution in [3.8, 4) is 0 Å². The number of aliphatic hydroxyl groups is 2. The van der Waals surface area contributed by atoms with E-state index in [4.69, 9.17) is 5.11 Å². The van der Waals surface area contributed by atoms with E-state index in [1.165, 1.54) is 12.8 Å². The first kappa shape index (κ1) is 12.0. The molecule has 1 fully saturated rings. The van der Waals surface area contributed by atoms with E-state index in [2.05, 4.69) is 5.32 Å². The molecule has 1 aliphatic carbocycles. The van der Waals surface area contributed by atoms with Crippen LogP contribution in [0.3, 0.4) is 0 Å². The van der Waals surface area contributed by atoms with Crippen LogP contribution in [-0.4, -0.2) is 35.5 Å². The maximum Gasteiger partial charge on any atom is 0.0693 e. The zero-order chi connectivity index (χ0) is 10.2. The molecule has 3 N–H and O–H groups in total. The molecule has 2 atom stereocenters. The number of aliphatic hydroxyl groups excluding tert-OH is 2. The van der Waals surface area contributed by atoms with Gasteiger partial charge in [-0.3, -0.25) is 0 Å². The van der Waals surface area contributed by atoms with Gasteiger partial charge >= 0.3 is 0 Å². The fraction of sp³-hybridized carbons (Fsp3) is 1.00. The maximum absolute atomic E-state index is 9.67. The van der Waals surface area contributed by atoms with Gasteiger partial charge in [0.15, 0.2) is 0 Å². The largest absolute Gasteiger partial charge is 0.396 e. The van der Waals surface area contributed by atoms with Crippen LogP contribution in [0.4, 0.5) is 0 Å². The highest BCUT2D eigenvalue weighted by Crippen LogP contribution is 2.18. The molecular weight excluding hydrogens is 178 g/mol. The van der Waals surface area contributed by atoms with Crippen LogP contribution >= 0.6 is 0 Å². The Hall–Kier alpha value is -0.120. The summed E-state index contributed by atoms with van der Waals surface area (Å²) < 4.78 is 0. The van der Waals surface area contributed by atoms with Crippen LogP contribution < -0.4 is 5.32 Å². The Morgan fingerprint density at radius 1 is 1.07 bits per heavy atom. The Labute approximate surface area is 86.5 Å². The van der Waals surface area contributed by atoms with E-state index >= 15 is 0 Å². The van der Waals surface area contributed by atoms with Crippen molar-refractivity contribution < 1.29 is 10.2 Å². The molecule has 0 aliphatic heterocycles. The van der Waals surface area contributed by atoms with Crippen LogP contribution in [0.1, 0.15) is 44.9 Å². The summed E-state index contributed by atoms with van der Waals surface area (Å²) in [7, 11) is 0. The number of nitrogens with one attached hydrogen (secondary N) is 1. The van der Waals surface area contributed by atoms with E-state index in [0.717, 1.165) is 38.6 Å². The highest BCUT2D eigenvalue weighted by molar-refractivity contribution is 4.79. The smallest absolute Gasteiger partial charge is 0.0693 e. The molecule has 0 saturated heterocycles. The lowest BCUT2D eigenvalue weighted by molar-refractivity contribution is 0.0909. The highest BCUT2D eigenvalue weighted by atomic mass is 16.3. The zero-order valence-corrected chi connectivity index (χ0v) is 8.91. The maximum atomic E-state index is 9.67. The minimum Gasteiger partial charge on any atom is -0.396 e. The van der Waals surface area contributed by atoms with Crippen molar-refractivity contribution in [3.63, 3.8) is 0 Å². The fourth-order valence-corrected chi connectivity index (χ4v) is 2.05. The van der Waals surface area contributed by atoms with E-state index in [9.17, 15) is 5.11 Å². The third-order valence-electron chi connectivity index (χ3n) is 2.97. The summed E-state index contributed by atoms with van der Waals surface area (Å²) in [6.07, 6.45) is 7.41. The number of unbranched alkanes of at least 4 members (excludes halogenated alkanes) is 2. The second-order valence-corrected chi connectivity index (χ2v) is 4.20. The molecule has 0 spiro atoms. The molecule has 0 bridgehead atoms. The van der Waals surface area contributed by atoms with Gasteiger partial charge in [0.2, 0.25) is 0 Å². The highest BCUT2D eigenvalue weighted by Gasteiger charge is 2.21. The van der Waals surface area contributed by atoms with Crippen molar-refractivity contribution in [1.82, 2.24) is 5.32 Å². The lowest BCUT2D eigenvalue weighted by atomic mass is 9.92. The Balaban J connectivity index is 1.99. The van der Waals surface area contributed by atoms with Gasteiger partial charge in [0, 0.05) is 12.6 Å². The summed E-state index contributed by atoms with van der Waals surface area (Å²) in [6, 6.07) is 0.317. The Morgan fingerprint density at radius 3 is 2.57 bits per heavy atom. The van der Waals surface area contributed by atoms with Gasteiger partial charge in [-0.1, -0.05) is 12.8 Å². The van der Waals surface area contributed by atoms with Crippen molar-refractivity contribution in [2.45, 2.75) is 57.1 Å². The molecule has 14 heavy (non-hydrogen) atoms. The molecule has 0 heterocycles. The molecule has 0 amide bonds. The summed E-state index contributed by atoms with van der Waals surface area (Å²) in [4.78, 5) is 0. The van der Waals surface area contributed by atoms with Gasteiger partial charge in [-0.15, -0.1) is 0 Å². The number of hydrogen-bond donors (Lipinski definition) is 3. The predicted octanol–water partition coefficient (Wildman–Crippen LogP) is 1.04. The normalized spacial score (nSPS) is 27.9. The molecule has 3 nitrogen and oxygen atoms in total. The molecule has 1 saturated carbocycles. The van der Waals surface area contributed by atoms with E-state index < -0.39 is 0 Å². The Bertz CT molecular complexity index is 141. The summed E-state index contributed by atoms with van der Waals surface area (Å²) >= 11 is 0. The third kappa shape index (κ3) is 4.40. The average Bonchev–Trinajstić information content (AvgIpc) is 2.20. The summed E-state index contributed by atoms with van der Waals surface area (Å²) in [5.41, 5.74) is 0. The molecular formula is C11H23NO2. The van der Waals surface area contributed by atoms with Gasteiger partial charge in [-0.05, 0) is 38.6 Å². The lowest BCUT2D eigenvalue weighted by Crippen LogP contribution is -2.42. The van der Waals surface area contributed by atoms with E-state index in [0.29, 0.717) is 12.6 Å². The van der Waals surface area contributed by atoms with Gasteiger partial charge in [0.05, 0.1) is 6.10 Å². The lowest BCUT2D eigenvalue weighted by Gasteiger charge is -2.28. The van der Waals surface area contributed by atoms with Gasteiger partial charge in [0.1, 0.15) is 0 Å². The first-order valence-corrected chi connectivity index (χ1v) is 5.87. The molecule has 0 radical (unpaired) electrons. The van der Waals surface area contributed by atoms with E-state index in [1.807, 2.05) is 0 Å². The molecule has 0 aromatic rings. The van der Waals surface area contributed by atoms with Gasteiger partial charge in [0.25, 0.3) is 0 Å². The fourth-order valence-electron chi connectivity index (χ4n) is 2.05. The van der Waals surface area contributed by atoms with Gasteiger partial charge in [-0.2, -0.15) is 0 Å². The minimum atomic E-state index is -0.137. The van der Waals surface area contributed by atoms with Gasteiger partial charge in [-0.25, -0.2) is 0 Å². The quantitative estimate of drug-likeness (QED) is 0.563. The predicted molar refractivity (Wildman–Crippen MR) is 57.2 cm³/mol. The molecule has 0 aromatic heterocycles. The second kappa shape index (κ2) is 7.21. The van der Waals surface area contributed by atoms with Crippen LogP contribution in [0.2, 0.25) is 0 Å². The van der Waals surface area contributed by atoms with Crippen molar-refractivity contribution in [1.29, 1.82) is 0 Å². The topological polar surface area (TPSA) is 52.5 Å². The number of rotatable bonds is 6. The van der Waals surface area contributed by atoms with Crippen molar-refractivity contribution >= 4 is 0 Å². The van der Waals surface area contributed by atoms with Crippen LogP contribution in [0.25, 0.3) is 0 Å². The zero-order valence-electron chi connectivity index (χ0n) is 8.91. The van der Waals surface area contributed by atoms with Crippen LogP contribution in [0.15, 0.2) is 0 Å². The summed E-state index contributed by atoms with van der Waals surface area (Å²) in [6.45, 7) is 1.27. The standard InChI is InChI=1S/C11H23NO2/c13-9-5-1-4-8-12-10-6-2-3-7-11(10)14/h10-14H,1-9H2/t10-,11-/m1/s1. The van der Waals surface area contributed by atoms with Crippen molar-refractivity contribution in [2.24, 2.45) is 0 Å². The van der Waals surface area contributed by atoms with Crippen LogP contribution in [0, 0.1) is 0 Å². The first-order chi connectivity index (χ1) is 6.84. The van der Waals surface area contributed by atoms with Crippen molar-refractivity contribution in [2.75, 3.05) is 13.2 Å². The molecule has 84 valence electrons. The SMILES string of the molecule is OCCCCCN[C@@H]1CCCC[C@H]1O. The molecule has 1 rings (SSSR count). The van der Waals surface area contributed by atoms with Crippen LogP contribution in [-0.2, 0) is 0 Å². The van der Waals surface area contributed by atoms with Crippen LogP contribution in [0.5, 0.6) is 0 Å². The second-order valence-electron chi connectivity index (χ2n) is 4.20. The molecule has 0 aromatic carbocycles. The van der Waals surface area contributed by atoms with E-state index in [1.54, 1.807) is 0 Å². The first-order valence-electron chi connectivity index (χ1n) is 5.87. The monoisotopic (exact) mass is 201 g/mol. The molecule has 3 heteroatoms.